The van der Waals surface area contributed by atoms with Gasteiger partial charge in [-0.1, -0.05) is 6.92 Å². The number of ketones is 2. The van der Waals surface area contributed by atoms with E-state index in [-0.39, 0.29) is 23.0 Å². The molecule has 0 aromatic carbocycles. The summed E-state index contributed by atoms with van der Waals surface area (Å²) < 4.78 is 5.17. The third-order valence-electron chi connectivity index (χ3n) is 3.22. The lowest BCUT2D eigenvalue weighted by Crippen LogP contribution is -2.41. The lowest BCUT2D eigenvalue weighted by molar-refractivity contribution is -0.135. The van der Waals surface area contributed by atoms with E-state index in [0.29, 0.717) is 12.5 Å². The second kappa shape index (κ2) is 3.68. The van der Waals surface area contributed by atoms with Crippen LogP contribution in [0.3, 0.4) is 0 Å². The average molecular weight is 211 g/mol. The molecule has 2 saturated heterocycles. The van der Waals surface area contributed by atoms with Crippen molar-refractivity contribution in [1.82, 2.24) is 5.32 Å². The van der Waals surface area contributed by atoms with Gasteiger partial charge >= 0.3 is 0 Å². The molecule has 15 heavy (non-hydrogen) atoms. The van der Waals surface area contributed by atoms with E-state index in [4.69, 9.17) is 4.74 Å². The maximum atomic E-state index is 11.2. The first kappa shape index (κ1) is 10.8. The van der Waals surface area contributed by atoms with Gasteiger partial charge in [-0.3, -0.25) is 9.59 Å². The van der Waals surface area contributed by atoms with Crippen LogP contribution in [0.4, 0.5) is 0 Å². The zero-order valence-corrected chi connectivity index (χ0v) is 9.21. The first-order valence-electron chi connectivity index (χ1n) is 5.38. The summed E-state index contributed by atoms with van der Waals surface area (Å²) in [5, 5.41) is 3.25. The maximum absolute atomic E-state index is 11.2. The molecule has 0 aromatic rings. The van der Waals surface area contributed by atoms with Crippen molar-refractivity contribution in [2.45, 2.75) is 38.8 Å². The van der Waals surface area contributed by atoms with Crippen LogP contribution in [0.25, 0.3) is 0 Å². The number of ether oxygens (including phenoxy) is 1. The van der Waals surface area contributed by atoms with E-state index < -0.39 is 0 Å². The van der Waals surface area contributed by atoms with Crippen LogP contribution in [-0.2, 0) is 14.3 Å². The molecule has 0 amide bonds. The second-order valence-corrected chi connectivity index (χ2v) is 5.07. The quantitative estimate of drug-likeness (QED) is 0.524. The first-order valence-corrected chi connectivity index (χ1v) is 5.38. The van der Waals surface area contributed by atoms with Crippen LogP contribution in [0.5, 0.6) is 0 Å². The van der Waals surface area contributed by atoms with E-state index in [1.54, 1.807) is 0 Å². The van der Waals surface area contributed by atoms with Gasteiger partial charge < -0.3 is 10.1 Å². The molecule has 0 aromatic heterocycles. The van der Waals surface area contributed by atoms with Crippen LogP contribution in [0.1, 0.15) is 26.7 Å². The van der Waals surface area contributed by atoms with Crippen molar-refractivity contribution in [3.05, 3.63) is 0 Å². The van der Waals surface area contributed by atoms with Crippen LogP contribution in [0.15, 0.2) is 0 Å². The number of Topliss-reactive ketones (excluding diaryl/α,β-unsaturated/α-hetero) is 2. The Morgan fingerprint density at radius 3 is 2.53 bits per heavy atom. The predicted molar refractivity (Wildman–Crippen MR) is 54.6 cm³/mol. The lowest BCUT2D eigenvalue weighted by Gasteiger charge is -2.38. The van der Waals surface area contributed by atoms with Gasteiger partial charge in [-0.15, -0.1) is 0 Å². The number of hydrogen-bond acceptors (Lipinski definition) is 4. The van der Waals surface area contributed by atoms with Crippen molar-refractivity contribution >= 4 is 11.6 Å². The summed E-state index contributed by atoms with van der Waals surface area (Å²) >= 11 is 0. The summed E-state index contributed by atoms with van der Waals surface area (Å²) in [6.45, 7) is 5.16. The number of nitrogens with one attached hydrogen (secondary N) is 1. The normalized spacial score (nSPS) is 31.9. The fourth-order valence-corrected chi connectivity index (χ4v) is 2.06. The monoisotopic (exact) mass is 211 g/mol. The minimum Gasteiger partial charge on any atom is -0.380 e. The van der Waals surface area contributed by atoms with Crippen LogP contribution in [0, 0.1) is 5.41 Å². The molecule has 2 atom stereocenters. The standard InChI is InChI=1S/C11H17NO3/c1-7(13)10(14)3-8-9(12-8)4-11(2)5-15-6-11/h8-9,12H,3-6H2,1-2H3/t8?,9-/m0/s1. The molecule has 0 saturated carbocycles. The number of carbonyl (C=O) groups excluding carboxylic acids is 2. The molecule has 0 aliphatic carbocycles. The molecular weight excluding hydrogens is 194 g/mol. The van der Waals surface area contributed by atoms with Crippen molar-refractivity contribution < 1.29 is 14.3 Å². The molecule has 2 heterocycles. The summed E-state index contributed by atoms with van der Waals surface area (Å²) in [5.74, 6) is -0.592. The molecule has 0 bridgehead atoms. The first-order chi connectivity index (χ1) is 7.00. The lowest BCUT2D eigenvalue weighted by atomic mass is 9.82. The Morgan fingerprint density at radius 2 is 2.07 bits per heavy atom. The van der Waals surface area contributed by atoms with Gasteiger partial charge in [0.25, 0.3) is 0 Å². The fraction of sp³-hybridized carbons (Fsp3) is 0.818. The number of carbonyl (C=O) groups is 2. The number of rotatable bonds is 5. The van der Waals surface area contributed by atoms with Crippen molar-refractivity contribution in [1.29, 1.82) is 0 Å². The van der Waals surface area contributed by atoms with Crippen LogP contribution < -0.4 is 5.32 Å². The summed E-state index contributed by atoms with van der Waals surface area (Å²) in [7, 11) is 0. The van der Waals surface area contributed by atoms with Crippen LogP contribution >= 0.6 is 0 Å². The number of hydrogen-bond donors (Lipinski definition) is 1. The Morgan fingerprint density at radius 1 is 1.40 bits per heavy atom. The molecule has 84 valence electrons. The van der Waals surface area contributed by atoms with Gasteiger partial charge in [0.05, 0.1) is 13.2 Å². The Bertz CT molecular complexity index is 296. The van der Waals surface area contributed by atoms with Gasteiger partial charge in [-0.2, -0.15) is 0 Å². The van der Waals surface area contributed by atoms with Gasteiger partial charge in [-0.25, -0.2) is 0 Å². The van der Waals surface area contributed by atoms with Crippen LogP contribution in [-0.4, -0.2) is 36.9 Å². The third-order valence-corrected chi connectivity index (χ3v) is 3.22. The largest absolute Gasteiger partial charge is 0.380 e. The van der Waals surface area contributed by atoms with E-state index in [2.05, 4.69) is 12.2 Å². The molecule has 0 spiro atoms. The second-order valence-electron chi connectivity index (χ2n) is 5.07. The van der Waals surface area contributed by atoms with E-state index in [0.717, 1.165) is 19.6 Å². The van der Waals surface area contributed by atoms with E-state index in [1.165, 1.54) is 6.92 Å². The predicted octanol–water partition coefficient (Wildman–Crippen LogP) is 0.302. The van der Waals surface area contributed by atoms with Crippen molar-refractivity contribution in [2.75, 3.05) is 13.2 Å². The summed E-state index contributed by atoms with van der Waals surface area (Å²) in [4.78, 5) is 21.9. The van der Waals surface area contributed by atoms with Gasteiger partial charge in [-0.05, 0) is 6.42 Å². The molecule has 2 rings (SSSR count). The van der Waals surface area contributed by atoms with E-state index in [1.807, 2.05) is 0 Å². The average Bonchev–Trinajstić information content (AvgIpc) is 2.80. The van der Waals surface area contributed by atoms with Crippen molar-refractivity contribution in [3.8, 4) is 0 Å². The Balaban J connectivity index is 1.72. The minimum absolute atomic E-state index is 0.221. The Kier molecular flexibility index (Phi) is 2.64. The highest BCUT2D eigenvalue weighted by Crippen LogP contribution is 2.36. The topological polar surface area (TPSA) is 65.3 Å². The molecule has 1 N–H and O–H groups in total. The zero-order valence-electron chi connectivity index (χ0n) is 9.21. The van der Waals surface area contributed by atoms with E-state index in [9.17, 15) is 9.59 Å². The molecular formula is C11H17NO3. The third kappa shape index (κ3) is 2.44. The van der Waals surface area contributed by atoms with Crippen molar-refractivity contribution in [3.63, 3.8) is 0 Å². The highest BCUT2D eigenvalue weighted by Gasteiger charge is 2.45. The molecule has 1 unspecified atom stereocenters. The molecule has 4 heteroatoms. The fourth-order valence-electron chi connectivity index (χ4n) is 2.06. The maximum Gasteiger partial charge on any atom is 0.199 e. The van der Waals surface area contributed by atoms with Gasteiger partial charge in [0.15, 0.2) is 11.6 Å². The molecule has 0 radical (unpaired) electrons. The Hall–Kier alpha value is -0.740. The minimum atomic E-state index is -0.333. The Labute approximate surface area is 89.4 Å². The molecule has 2 fully saturated rings. The smallest absolute Gasteiger partial charge is 0.199 e. The SMILES string of the molecule is CC(=O)C(=O)CC1N[C@H]1CC1(C)COC1. The molecule has 2 aliphatic heterocycles. The molecule has 4 nitrogen and oxygen atoms in total. The van der Waals surface area contributed by atoms with Crippen molar-refractivity contribution in [2.24, 2.45) is 5.41 Å². The van der Waals surface area contributed by atoms with Gasteiger partial charge in [0, 0.05) is 30.8 Å². The highest BCUT2D eigenvalue weighted by atomic mass is 16.5. The zero-order chi connectivity index (χ0) is 11.1. The summed E-state index contributed by atoms with van der Waals surface area (Å²) in [5.41, 5.74) is 0.283. The summed E-state index contributed by atoms with van der Waals surface area (Å²) in [6.07, 6.45) is 1.40. The van der Waals surface area contributed by atoms with Crippen LogP contribution in [0.2, 0.25) is 0 Å². The van der Waals surface area contributed by atoms with Gasteiger partial charge in [0.2, 0.25) is 0 Å². The highest BCUT2D eigenvalue weighted by molar-refractivity contribution is 6.36. The van der Waals surface area contributed by atoms with E-state index >= 15 is 0 Å². The van der Waals surface area contributed by atoms with Gasteiger partial charge in [0.1, 0.15) is 0 Å². The molecule has 2 aliphatic rings. The summed E-state index contributed by atoms with van der Waals surface area (Å²) in [6, 6.07) is 0.626.